The van der Waals surface area contributed by atoms with E-state index in [0.29, 0.717) is 5.41 Å². The SMILES string of the molecule is CCNC(=NCCCCSC)N1CCC2(CCCC2)C1.I. The van der Waals surface area contributed by atoms with Crippen LogP contribution in [0, 0.1) is 5.41 Å². The van der Waals surface area contributed by atoms with E-state index in [0.717, 1.165) is 13.1 Å². The maximum Gasteiger partial charge on any atom is 0.193 e. The monoisotopic (exact) mass is 425 g/mol. The maximum absolute atomic E-state index is 4.84. The van der Waals surface area contributed by atoms with Crippen molar-refractivity contribution in [1.29, 1.82) is 0 Å². The molecule has 0 radical (unpaired) electrons. The summed E-state index contributed by atoms with van der Waals surface area (Å²) in [6.45, 7) is 6.57. The Morgan fingerprint density at radius 3 is 2.67 bits per heavy atom. The Hall–Kier alpha value is 0.350. The molecule has 2 aliphatic rings. The Bertz CT molecular complexity index is 317. The third-order valence-electron chi connectivity index (χ3n) is 4.76. The van der Waals surface area contributed by atoms with Gasteiger partial charge in [-0.05, 0) is 56.5 Å². The second-order valence-corrected chi connectivity index (χ2v) is 7.30. The Morgan fingerprint density at radius 2 is 2.00 bits per heavy atom. The van der Waals surface area contributed by atoms with Crippen molar-refractivity contribution in [2.45, 2.75) is 51.9 Å². The fraction of sp³-hybridized carbons (Fsp3) is 0.938. The Kier molecular flexibility index (Phi) is 9.41. The van der Waals surface area contributed by atoms with Gasteiger partial charge in [-0.3, -0.25) is 4.99 Å². The normalized spacial score (nSPS) is 20.9. The van der Waals surface area contributed by atoms with E-state index >= 15 is 0 Å². The summed E-state index contributed by atoms with van der Waals surface area (Å²) >= 11 is 1.93. The van der Waals surface area contributed by atoms with Gasteiger partial charge in [0.15, 0.2) is 5.96 Å². The van der Waals surface area contributed by atoms with E-state index in [4.69, 9.17) is 4.99 Å². The van der Waals surface area contributed by atoms with Gasteiger partial charge in [-0.1, -0.05) is 12.8 Å². The number of guanidine groups is 1. The molecule has 0 bridgehead atoms. The van der Waals surface area contributed by atoms with Gasteiger partial charge >= 0.3 is 0 Å². The molecule has 3 nitrogen and oxygen atoms in total. The van der Waals surface area contributed by atoms with Gasteiger partial charge in [-0.25, -0.2) is 0 Å². The lowest BCUT2D eigenvalue weighted by Crippen LogP contribution is -2.41. The number of nitrogens with one attached hydrogen (secondary N) is 1. The van der Waals surface area contributed by atoms with Crippen LogP contribution in [0.2, 0.25) is 0 Å². The molecule has 1 heterocycles. The summed E-state index contributed by atoms with van der Waals surface area (Å²) in [6.07, 6.45) is 11.8. The molecule has 1 N–H and O–H groups in total. The summed E-state index contributed by atoms with van der Waals surface area (Å²) in [5, 5.41) is 3.49. The van der Waals surface area contributed by atoms with E-state index in [1.807, 2.05) is 11.8 Å². The minimum atomic E-state index is 0. The number of hydrogen-bond acceptors (Lipinski definition) is 2. The van der Waals surface area contributed by atoms with Crippen molar-refractivity contribution in [3.63, 3.8) is 0 Å². The minimum Gasteiger partial charge on any atom is -0.357 e. The first-order chi connectivity index (χ1) is 9.79. The predicted molar refractivity (Wildman–Crippen MR) is 106 cm³/mol. The molecule has 0 unspecified atom stereocenters. The highest BCUT2D eigenvalue weighted by atomic mass is 127. The zero-order chi connectivity index (χ0) is 14.3. The van der Waals surface area contributed by atoms with Crippen LogP contribution in [0.25, 0.3) is 0 Å². The number of hydrogen-bond donors (Lipinski definition) is 1. The molecular weight excluding hydrogens is 393 g/mol. The zero-order valence-corrected chi connectivity index (χ0v) is 16.8. The molecule has 0 atom stereocenters. The third-order valence-corrected chi connectivity index (χ3v) is 5.45. The van der Waals surface area contributed by atoms with E-state index < -0.39 is 0 Å². The molecule has 1 aliphatic heterocycles. The molecule has 0 aromatic heterocycles. The highest BCUT2D eigenvalue weighted by Crippen LogP contribution is 2.45. The number of likely N-dealkylation sites (tertiary alicyclic amines) is 1. The van der Waals surface area contributed by atoms with E-state index in [9.17, 15) is 0 Å². The van der Waals surface area contributed by atoms with E-state index in [1.54, 1.807) is 0 Å². The maximum atomic E-state index is 4.84. The summed E-state index contributed by atoms with van der Waals surface area (Å²) in [5.41, 5.74) is 0.634. The van der Waals surface area contributed by atoms with Gasteiger partial charge in [0.05, 0.1) is 0 Å². The molecule has 1 saturated heterocycles. The highest BCUT2D eigenvalue weighted by molar-refractivity contribution is 14.0. The first-order valence-electron chi connectivity index (χ1n) is 8.32. The minimum absolute atomic E-state index is 0. The predicted octanol–water partition coefficient (Wildman–Crippen LogP) is 3.98. The number of rotatable bonds is 6. The van der Waals surface area contributed by atoms with Gasteiger partial charge in [0.2, 0.25) is 0 Å². The molecule has 21 heavy (non-hydrogen) atoms. The van der Waals surface area contributed by atoms with Crippen LogP contribution in [-0.4, -0.2) is 49.0 Å². The average molecular weight is 425 g/mol. The van der Waals surface area contributed by atoms with Crippen LogP contribution < -0.4 is 5.32 Å². The van der Waals surface area contributed by atoms with Gasteiger partial charge in [0.1, 0.15) is 0 Å². The Labute approximate surface area is 152 Å². The molecular formula is C16H32IN3S. The molecule has 1 spiro atoms. The average Bonchev–Trinajstić information content (AvgIpc) is 3.08. The highest BCUT2D eigenvalue weighted by Gasteiger charge is 2.40. The summed E-state index contributed by atoms with van der Waals surface area (Å²) in [7, 11) is 0. The number of thioether (sulfide) groups is 1. The van der Waals surface area contributed by atoms with E-state index in [2.05, 4.69) is 23.4 Å². The summed E-state index contributed by atoms with van der Waals surface area (Å²) in [6, 6.07) is 0. The molecule has 124 valence electrons. The lowest BCUT2D eigenvalue weighted by atomic mass is 9.86. The number of nitrogens with zero attached hydrogens (tertiary/aromatic N) is 2. The molecule has 2 fully saturated rings. The fourth-order valence-corrected chi connectivity index (χ4v) is 4.11. The smallest absolute Gasteiger partial charge is 0.193 e. The molecule has 0 aromatic rings. The Morgan fingerprint density at radius 1 is 1.24 bits per heavy atom. The first-order valence-corrected chi connectivity index (χ1v) is 9.71. The van der Waals surface area contributed by atoms with Gasteiger partial charge in [-0.2, -0.15) is 11.8 Å². The molecule has 0 aromatic carbocycles. The van der Waals surface area contributed by atoms with Crippen LogP contribution in [0.1, 0.15) is 51.9 Å². The van der Waals surface area contributed by atoms with E-state index in [-0.39, 0.29) is 24.0 Å². The lowest BCUT2D eigenvalue weighted by Gasteiger charge is -2.26. The fourth-order valence-electron chi connectivity index (χ4n) is 3.62. The van der Waals surface area contributed by atoms with Crippen molar-refractivity contribution in [2.24, 2.45) is 10.4 Å². The molecule has 2 rings (SSSR count). The topological polar surface area (TPSA) is 27.6 Å². The van der Waals surface area contributed by atoms with Crippen LogP contribution in [0.5, 0.6) is 0 Å². The molecule has 0 amide bonds. The number of halogens is 1. The van der Waals surface area contributed by atoms with Crippen molar-refractivity contribution >= 4 is 41.7 Å². The second kappa shape index (κ2) is 10.2. The lowest BCUT2D eigenvalue weighted by molar-refractivity contribution is 0.309. The van der Waals surface area contributed by atoms with Gasteiger partial charge in [0, 0.05) is 26.2 Å². The van der Waals surface area contributed by atoms with E-state index in [1.165, 1.54) is 69.7 Å². The number of aliphatic imine (C=N–C) groups is 1. The summed E-state index contributed by atoms with van der Waals surface area (Å²) in [4.78, 5) is 7.36. The van der Waals surface area contributed by atoms with Crippen molar-refractivity contribution in [1.82, 2.24) is 10.2 Å². The largest absolute Gasteiger partial charge is 0.357 e. The van der Waals surface area contributed by atoms with Crippen LogP contribution in [0.4, 0.5) is 0 Å². The van der Waals surface area contributed by atoms with Crippen molar-refractivity contribution in [3.8, 4) is 0 Å². The van der Waals surface area contributed by atoms with Crippen LogP contribution >= 0.6 is 35.7 Å². The number of unbranched alkanes of at least 4 members (excludes halogenated alkanes) is 1. The standard InChI is InChI=1S/C16H31N3S.HI/c1-3-17-15(18-11-6-7-13-20-2)19-12-10-16(14-19)8-4-5-9-16;/h3-14H2,1-2H3,(H,17,18);1H. The van der Waals surface area contributed by atoms with Crippen LogP contribution in [0.3, 0.4) is 0 Å². The molecule has 1 aliphatic carbocycles. The van der Waals surface area contributed by atoms with Crippen molar-refractivity contribution in [3.05, 3.63) is 0 Å². The van der Waals surface area contributed by atoms with Crippen molar-refractivity contribution < 1.29 is 0 Å². The first kappa shape index (κ1) is 19.4. The summed E-state index contributed by atoms with van der Waals surface area (Å²) < 4.78 is 0. The third kappa shape index (κ3) is 5.81. The van der Waals surface area contributed by atoms with Crippen LogP contribution in [-0.2, 0) is 0 Å². The van der Waals surface area contributed by atoms with Crippen molar-refractivity contribution in [2.75, 3.05) is 38.2 Å². The summed E-state index contributed by atoms with van der Waals surface area (Å²) in [5.74, 6) is 2.43. The Balaban J connectivity index is 0.00000220. The van der Waals surface area contributed by atoms with Gasteiger partial charge in [0.25, 0.3) is 0 Å². The second-order valence-electron chi connectivity index (χ2n) is 6.31. The molecule has 5 heteroatoms. The molecule has 1 saturated carbocycles. The van der Waals surface area contributed by atoms with Gasteiger partial charge in [-0.15, -0.1) is 24.0 Å². The van der Waals surface area contributed by atoms with Gasteiger partial charge < -0.3 is 10.2 Å². The zero-order valence-electron chi connectivity index (χ0n) is 13.7. The quantitative estimate of drug-likeness (QED) is 0.302. The van der Waals surface area contributed by atoms with Crippen LogP contribution in [0.15, 0.2) is 4.99 Å².